The zero-order valence-corrected chi connectivity index (χ0v) is 18.9. The van der Waals surface area contributed by atoms with Gasteiger partial charge in [-0.1, -0.05) is 30.3 Å². The Kier molecular flexibility index (Phi) is 6.89. The normalized spacial score (nSPS) is 17.1. The fourth-order valence-electron chi connectivity index (χ4n) is 3.54. The molecule has 1 aromatic carbocycles. The van der Waals surface area contributed by atoms with E-state index in [-0.39, 0.29) is 32.0 Å². The van der Waals surface area contributed by atoms with Crippen molar-refractivity contribution < 1.29 is 32.2 Å². The molecule has 0 aliphatic carbocycles. The fourth-order valence-corrected chi connectivity index (χ4v) is 3.54. The molecule has 1 aliphatic heterocycles. The number of carbonyl (C=O) groups excluding carboxylic acids is 2. The van der Waals surface area contributed by atoms with Crippen LogP contribution >= 0.6 is 0 Å². The number of halogens is 3. The molecule has 2 heterocycles. The van der Waals surface area contributed by atoms with E-state index in [9.17, 15) is 22.8 Å². The molecule has 1 aliphatic rings. The Morgan fingerprint density at radius 3 is 2.36 bits per heavy atom. The molecule has 1 atom stereocenters. The molecule has 1 unspecified atom stereocenters. The summed E-state index contributed by atoms with van der Waals surface area (Å²) in [6.07, 6.45) is -5.32. The molecule has 1 aromatic heterocycles. The number of anilines is 1. The van der Waals surface area contributed by atoms with E-state index in [1.165, 1.54) is 16.7 Å². The van der Waals surface area contributed by atoms with Crippen molar-refractivity contribution >= 4 is 17.9 Å². The summed E-state index contributed by atoms with van der Waals surface area (Å²) in [5, 5.41) is 3.77. The van der Waals surface area contributed by atoms with Crippen molar-refractivity contribution in [1.82, 2.24) is 14.7 Å². The number of ether oxygens (including phenoxy) is 2. The summed E-state index contributed by atoms with van der Waals surface area (Å²) in [5.41, 5.74) is -1.03. The number of piperazine rings is 1. The molecule has 0 spiro atoms. The first-order valence-electron chi connectivity index (χ1n) is 10.4. The van der Waals surface area contributed by atoms with Crippen molar-refractivity contribution in [2.75, 3.05) is 31.6 Å². The quantitative estimate of drug-likeness (QED) is 0.639. The molecule has 0 bridgehead atoms. The fraction of sp³-hybridized carbons (Fsp3) is 0.500. The van der Waals surface area contributed by atoms with Gasteiger partial charge in [0.25, 0.3) is 0 Å². The molecule has 11 heteroatoms. The van der Waals surface area contributed by atoms with E-state index >= 15 is 0 Å². The summed E-state index contributed by atoms with van der Waals surface area (Å²) in [5.74, 6) is -0.486. The third-order valence-electron chi connectivity index (χ3n) is 5.03. The Morgan fingerprint density at radius 1 is 1.12 bits per heavy atom. The molecule has 1 fully saturated rings. The van der Waals surface area contributed by atoms with Gasteiger partial charge in [-0.3, -0.25) is 4.90 Å². The molecule has 1 amide bonds. The summed E-state index contributed by atoms with van der Waals surface area (Å²) < 4.78 is 51.8. The number of esters is 1. The molecule has 1 saturated heterocycles. The Bertz CT molecular complexity index is 986. The molecule has 0 saturated carbocycles. The number of amides is 1. The maximum absolute atomic E-state index is 13.4. The number of alkyl halides is 3. The average molecular weight is 468 g/mol. The van der Waals surface area contributed by atoms with Crippen molar-refractivity contribution in [3.63, 3.8) is 0 Å². The Hall–Kier alpha value is -3.24. The zero-order valence-electron chi connectivity index (χ0n) is 18.9. The molecule has 0 radical (unpaired) electrons. The molecule has 2 aromatic rings. The van der Waals surface area contributed by atoms with Crippen LogP contribution in [-0.4, -0.2) is 65.1 Å². The van der Waals surface area contributed by atoms with Crippen LogP contribution in [0.3, 0.4) is 0 Å². The average Bonchev–Trinajstić information content (AvgIpc) is 3.16. The smallest absolute Gasteiger partial charge is 0.435 e. The molecule has 33 heavy (non-hydrogen) atoms. The van der Waals surface area contributed by atoms with Gasteiger partial charge in [0.2, 0.25) is 0 Å². The standard InChI is InChI=1S/C22H27F3N4O4/c1-21(2,3)33-20(31)28-11-10-27(14-16(28)19(30)32-4)18-12-17(22(23,24)25)26-29(18)13-15-8-6-5-7-9-15/h5-9,12,16H,10-11,13-14H2,1-4H3. The van der Waals surface area contributed by atoms with E-state index in [0.29, 0.717) is 0 Å². The lowest BCUT2D eigenvalue weighted by Gasteiger charge is -2.41. The lowest BCUT2D eigenvalue weighted by molar-refractivity contribution is -0.147. The van der Waals surface area contributed by atoms with Crippen LogP contribution < -0.4 is 4.90 Å². The first kappa shape index (κ1) is 24.4. The highest BCUT2D eigenvalue weighted by molar-refractivity contribution is 5.82. The Balaban J connectivity index is 1.91. The van der Waals surface area contributed by atoms with Crippen molar-refractivity contribution in [3.05, 3.63) is 47.7 Å². The maximum atomic E-state index is 13.4. The number of nitrogens with zero attached hydrogens (tertiary/aromatic N) is 4. The molecule has 0 N–H and O–H groups in total. The number of hydrogen-bond acceptors (Lipinski definition) is 6. The van der Waals surface area contributed by atoms with Gasteiger partial charge in [0.1, 0.15) is 11.4 Å². The van der Waals surface area contributed by atoms with Gasteiger partial charge < -0.3 is 14.4 Å². The summed E-state index contributed by atoms with van der Waals surface area (Å²) >= 11 is 0. The van der Waals surface area contributed by atoms with Crippen molar-refractivity contribution in [3.8, 4) is 0 Å². The van der Waals surface area contributed by atoms with E-state index in [1.807, 2.05) is 6.07 Å². The van der Waals surface area contributed by atoms with Gasteiger partial charge in [-0.15, -0.1) is 0 Å². The monoisotopic (exact) mass is 468 g/mol. The van der Waals surface area contributed by atoms with E-state index in [0.717, 1.165) is 11.6 Å². The minimum atomic E-state index is -4.63. The number of carbonyl (C=O) groups is 2. The number of hydrogen-bond donors (Lipinski definition) is 0. The maximum Gasteiger partial charge on any atom is 0.435 e. The summed E-state index contributed by atoms with van der Waals surface area (Å²) in [7, 11) is 1.19. The third kappa shape index (κ3) is 5.96. The molecular weight excluding hydrogens is 441 g/mol. The number of aromatic nitrogens is 2. The van der Waals surface area contributed by atoms with Crippen molar-refractivity contribution in [2.45, 2.75) is 45.1 Å². The van der Waals surface area contributed by atoms with Gasteiger partial charge in [-0.2, -0.15) is 18.3 Å². The largest absolute Gasteiger partial charge is 0.467 e. The Labute approximate surface area is 189 Å². The molecule has 3 rings (SSSR count). The SMILES string of the molecule is COC(=O)C1CN(c2cc(C(F)(F)F)nn2Cc2ccccc2)CCN1C(=O)OC(C)(C)C. The highest BCUT2D eigenvalue weighted by Crippen LogP contribution is 2.32. The van der Waals surface area contributed by atoms with Gasteiger partial charge >= 0.3 is 18.2 Å². The second-order valence-electron chi connectivity index (χ2n) is 8.69. The predicted octanol–water partition coefficient (Wildman–Crippen LogP) is 3.55. The van der Waals surface area contributed by atoms with Gasteiger partial charge in [0.05, 0.1) is 20.2 Å². The van der Waals surface area contributed by atoms with E-state index in [2.05, 4.69) is 5.10 Å². The van der Waals surface area contributed by atoms with Crippen molar-refractivity contribution in [2.24, 2.45) is 0 Å². The summed E-state index contributed by atoms with van der Waals surface area (Å²) in [6, 6.07) is 8.87. The first-order valence-corrected chi connectivity index (χ1v) is 10.4. The predicted molar refractivity (Wildman–Crippen MR) is 114 cm³/mol. The number of benzene rings is 1. The van der Waals surface area contributed by atoms with Crippen LogP contribution in [0.15, 0.2) is 36.4 Å². The highest BCUT2D eigenvalue weighted by Gasteiger charge is 2.41. The second kappa shape index (κ2) is 9.32. The van der Waals surface area contributed by atoms with Crippen LogP contribution in [0, 0.1) is 0 Å². The molecule has 8 nitrogen and oxygen atoms in total. The van der Waals surface area contributed by atoms with Gasteiger partial charge in [0.15, 0.2) is 11.7 Å². The van der Waals surface area contributed by atoms with E-state index in [4.69, 9.17) is 9.47 Å². The minimum Gasteiger partial charge on any atom is -0.467 e. The van der Waals surface area contributed by atoms with Crippen LogP contribution in [0.4, 0.5) is 23.8 Å². The first-order chi connectivity index (χ1) is 15.4. The number of methoxy groups -OCH3 is 1. The molecular formula is C22H27F3N4O4. The van der Waals surface area contributed by atoms with Crippen LogP contribution in [0.25, 0.3) is 0 Å². The van der Waals surface area contributed by atoms with Crippen LogP contribution in [-0.2, 0) is 27.0 Å². The second-order valence-corrected chi connectivity index (χ2v) is 8.69. The summed E-state index contributed by atoms with van der Waals surface area (Å²) in [4.78, 5) is 28.0. The number of rotatable bonds is 4. The van der Waals surface area contributed by atoms with Crippen molar-refractivity contribution in [1.29, 1.82) is 0 Å². The lowest BCUT2D eigenvalue weighted by atomic mass is 10.1. The van der Waals surface area contributed by atoms with Crippen LogP contribution in [0.5, 0.6) is 0 Å². The molecule has 180 valence electrons. The van der Waals surface area contributed by atoms with Gasteiger partial charge in [-0.05, 0) is 26.3 Å². The third-order valence-corrected chi connectivity index (χ3v) is 5.03. The van der Waals surface area contributed by atoms with Gasteiger partial charge in [-0.25, -0.2) is 14.3 Å². The Morgan fingerprint density at radius 2 is 1.79 bits per heavy atom. The van der Waals surface area contributed by atoms with Crippen LogP contribution in [0.2, 0.25) is 0 Å². The minimum absolute atomic E-state index is 0.0621. The highest BCUT2D eigenvalue weighted by atomic mass is 19.4. The zero-order chi connectivity index (χ0) is 24.4. The summed E-state index contributed by atoms with van der Waals surface area (Å²) in [6.45, 7) is 5.40. The van der Waals surface area contributed by atoms with E-state index in [1.54, 1.807) is 49.9 Å². The van der Waals surface area contributed by atoms with E-state index < -0.39 is 35.6 Å². The van der Waals surface area contributed by atoms with Gasteiger partial charge in [0, 0.05) is 19.2 Å². The lowest BCUT2D eigenvalue weighted by Crippen LogP contribution is -2.59. The topological polar surface area (TPSA) is 76.9 Å². The van der Waals surface area contributed by atoms with Crippen LogP contribution in [0.1, 0.15) is 32.0 Å².